The molecule has 178 valence electrons. The number of rotatable bonds is 5. The van der Waals surface area contributed by atoms with Crippen LogP contribution in [-0.4, -0.2) is 53.4 Å². The Bertz CT molecular complexity index is 1060. The lowest BCUT2D eigenvalue weighted by atomic mass is 10.1. The molecule has 2 aromatic rings. The maximum atomic E-state index is 14.6. The van der Waals surface area contributed by atoms with Crippen LogP contribution < -0.4 is 15.4 Å². The van der Waals surface area contributed by atoms with Gasteiger partial charge in [0.2, 0.25) is 0 Å². The smallest absolute Gasteiger partial charge is 0.425 e. The molecule has 1 aliphatic heterocycles. The maximum Gasteiger partial charge on any atom is 0.425 e. The van der Waals surface area contributed by atoms with Crippen molar-refractivity contribution >= 4 is 34.9 Å². The van der Waals surface area contributed by atoms with Gasteiger partial charge in [0.1, 0.15) is 17.4 Å². The molecule has 0 bridgehead atoms. The zero-order valence-electron chi connectivity index (χ0n) is 16.8. The highest BCUT2D eigenvalue weighted by Crippen LogP contribution is 2.33. The van der Waals surface area contributed by atoms with Crippen molar-refractivity contribution < 1.29 is 41.4 Å². The molecule has 33 heavy (non-hydrogen) atoms. The molecule has 1 fully saturated rings. The molecule has 2 aromatic carbocycles. The van der Waals surface area contributed by atoms with E-state index in [0.29, 0.717) is 19.1 Å². The van der Waals surface area contributed by atoms with Crippen LogP contribution in [0.4, 0.5) is 38.1 Å². The van der Waals surface area contributed by atoms with Crippen LogP contribution >= 0.6 is 11.6 Å². The number of likely N-dealkylation sites (tertiary alicyclic amines) is 1. The molecule has 3 N–H and O–H groups in total. The van der Waals surface area contributed by atoms with Crippen molar-refractivity contribution in [1.82, 2.24) is 4.90 Å². The highest BCUT2D eigenvalue weighted by molar-refractivity contribution is 6.34. The number of anilines is 2. The summed E-state index contributed by atoms with van der Waals surface area (Å²) < 4.78 is 72.6. The molecule has 1 aliphatic rings. The van der Waals surface area contributed by atoms with Gasteiger partial charge in [-0.05, 0) is 25.1 Å². The third-order valence-electron chi connectivity index (χ3n) is 4.67. The zero-order valence-corrected chi connectivity index (χ0v) is 17.6. The Morgan fingerprint density at radius 1 is 1.18 bits per heavy atom. The molecule has 1 saturated heterocycles. The average Bonchev–Trinajstić information content (AvgIpc) is 2.69. The Hall–Kier alpha value is -3.12. The monoisotopic (exact) mass is 493 g/mol. The van der Waals surface area contributed by atoms with Gasteiger partial charge in [0.15, 0.2) is 6.10 Å². The van der Waals surface area contributed by atoms with E-state index in [2.05, 4.69) is 10.6 Å². The van der Waals surface area contributed by atoms with Gasteiger partial charge < -0.3 is 25.4 Å². The fourth-order valence-corrected chi connectivity index (χ4v) is 3.01. The third kappa shape index (κ3) is 5.63. The lowest BCUT2D eigenvalue weighted by molar-refractivity contribution is -0.189. The molecular formula is C20H17ClF5N3O4. The maximum absolute atomic E-state index is 14.6. The van der Waals surface area contributed by atoms with E-state index >= 15 is 0 Å². The number of benzene rings is 2. The van der Waals surface area contributed by atoms with E-state index in [1.807, 2.05) is 0 Å². The van der Waals surface area contributed by atoms with E-state index in [4.69, 9.17) is 16.3 Å². The van der Waals surface area contributed by atoms with Crippen LogP contribution in [0.5, 0.6) is 5.75 Å². The summed E-state index contributed by atoms with van der Waals surface area (Å²) in [6, 6.07) is 3.95. The normalized spacial score (nSPS) is 15.0. The van der Waals surface area contributed by atoms with Gasteiger partial charge in [0.05, 0.1) is 41.2 Å². The standard InChI is InChI=1S/C20H17ClF5N3O4/c1-9(20(24,25)26)33-16-6-15(27-19(32)29-7-10(30)8-29)14(23)5-11(16)18(31)28-17-12(21)3-2-4-13(17)22/h2-6,9-10,30H,7-8H2,1H3,(H,27,32)(H,28,31). The van der Waals surface area contributed by atoms with Crippen molar-refractivity contribution in [2.45, 2.75) is 25.3 Å². The second kappa shape index (κ2) is 9.40. The quantitative estimate of drug-likeness (QED) is 0.538. The van der Waals surface area contributed by atoms with E-state index < -0.39 is 64.6 Å². The first kappa shape index (κ1) is 24.5. The van der Waals surface area contributed by atoms with Crippen LogP contribution in [0.15, 0.2) is 30.3 Å². The molecule has 0 saturated carbocycles. The van der Waals surface area contributed by atoms with Crippen LogP contribution in [-0.2, 0) is 0 Å². The highest BCUT2D eigenvalue weighted by Gasteiger charge is 2.39. The molecule has 1 atom stereocenters. The van der Waals surface area contributed by atoms with E-state index in [9.17, 15) is 36.6 Å². The van der Waals surface area contributed by atoms with Gasteiger partial charge in [-0.25, -0.2) is 13.6 Å². The van der Waals surface area contributed by atoms with Crippen molar-refractivity contribution in [3.05, 3.63) is 52.6 Å². The molecule has 3 rings (SSSR count). The summed E-state index contributed by atoms with van der Waals surface area (Å²) in [6.07, 6.45) is -7.96. The number of carbonyl (C=O) groups is 2. The number of amides is 3. The Morgan fingerprint density at radius 3 is 2.42 bits per heavy atom. The molecule has 0 aliphatic carbocycles. The first-order valence-electron chi connectivity index (χ1n) is 9.43. The number of hydrogen-bond acceptors (Lipinski definition) is 4. The fourth-order valence-electron chi connectivity index (χ4n) is 2.79. The number of hydrogen-bond donors (Lipinski definition) is 3. The first-order valence-corrected chi connectivity index (χ1v) is 9.81. The topological polar surface area (TPSA) is 90.9 Å². The van der Waals surface area contributed by atoms with Gasteiger partial charge in [-0.1, -0.05) is 17.7 Å². The van der Waals surface area contributed by atoms with E-state index in [1.165, 1.54) is 12.1 Å². The second-order valence-corrected chi connectivity index (χ2v) is 7.58. The molecule has 3 amide bonds. The van der Waals surface area contributed by atoms with Crippen LogP contribution in [0, 0.1) is 11.6 Å². The van der Waals surface area contributed by atoms with Crippen molar-refractivity contribution in [2.24, 2.45) is 0 Å². The van der Waals surface area contributed by atoms with Crippen molar-refractivity contribution in [3.63, 3.8) is 0 Å². The summed E-state index contributed by atoms with van der Waals surface area (Å²) in [4.78, 5) is 25.9. The predicted molar refractivity (Wildman–Crippen MR) is 109 cm³/mol. The molecule has 7 nitrogen and oxygen atoms in total. The highest BCUT2D eigenvalue weighted by atomic mass is 35.5. The Kier molecular flexibility index (Phi) is 6.98. The molecule has 0 radical (unpaired) electrons. The molecule has 1 unspecified atom stereocenters. The second-order valence-electron chi connectivity index (χ2n) is 7.17. The van der Waals surface area contributed by atoms with E-state index in [1.54, 1.807) is 0 Å². The lowest BCUT2D eigenvalue weighted by Crippen LogP contribution is -2.54. The van der Waals surface area contributed by atoms with Crippen LogP contribution in [0.2, 0.25) is 5.02 Å². The summed E-state index contributed by atoms with van der Waals surface area (Å²) in [5, 5.41) is 13.3. The van der Waals surface area contributed by atoms with Gasteiger partial charge >= 0.3 is 12.2 Å². The minimum atomic E-state index is -4.83. The van der Waals surface area contributed by atoms with E-state index in [-0.39, 0.29) is 18.1 Å². The summed E-state index contributed by atoms with van der Waals surface area (Å²) in [5.74, 6) is -4.01. The first-order chi connectivity index (χ1) is 15.4. The number of nitrogens with one attached hydrogen (secondary N) is 2. The SMILES string of the molecule is CC(Oc1cc(NC(=O)N2CC(O)C2)c(F)cc1C(=O)Nc1c(F)cccc1Cl)C(F)(F)F. The van der Waals surface area contributed by atoms with Gasteiger partial charge in [-0.2, -0.15) is 13.2 Å². The van der Waals surface area contributed by atoms with Crippen molar-refractivity contribution in [1.29, 1.82) is 0 Å². The van der Waals surface area contributed by atoms with Crippen LogP contribution in [0.1, 0.15) is 17.3 Å². The predicted octanol–water partition coefficient (Wildman–Crippen LogP) is 4.41. The van der Waals surface area contributed by atoms with E-state index in [0.717, 1.165) is 11.0 Å². The van der Waals surface area contributed by atoms with Crippen LogP contribution in [0.25, 0.3) is 0 Å². The number of para-hydroxylation sites is 1. The van der Waals surface area contributed by atoms with Crippen molar-refractivity contribution in [3.8, 4) is 5.75 Å². The fraction of sp³-hybridized carbons (Fsp3) is 0.300. The van der Waals surface area contributed by atoms with Crippen molar-refractivity contribution in [2.75, 3.05) is 23.7 Å². The van der Waals surface area contributed by atoms with Gasteiger partial charge in [0.25, 0.3) is 5.91 Å². The van der Waals surface area contributed by atoms with Gasteiger partial charge in [0, 0.05) is 6.07 Å². The minimum absolute atomic E-state index is 0.00813. The number of aliphatic hydroxyl groups is 1. The number of ether oxygens (including phenoxy) is 1. The Labute approximate surface area is 189 Å². The number of urea groups is 1. The molecule has 0 aromatic heterocycles. The number of alkyl halides is 3. The lowest BCUT2D eigenvalue weighted by Gasteiger charge is -2.35. The molecule has 0 spiro atoms. The minimum Gasteiger partial charge on any atom is -0.480 e. The summed E-state index contributed by atoms with van der Waals surface area (Å²) >= 11 is 5.84. The van der Waals surface area contributed by atoms with Gasteiger partial charge in [-0.15, -0.1) is 0 Å². The third-order valence-corrected chi connectivity index (χ3v) is 4.99. The number of carbonyl (C=O) groups excluding carboxylic acids is 2. The Balaban J connectivity index is 1.94. The number of nitrogens with zero attached hydrogens (tertiary/aromatic N) is 1. The number of aliphatic hydroxyl groups excluding tert-OH is 1. The number of halogens is 6. The molecule has 13 heteroatoms. The zero-order chi connectivity index (χ0) is 24.5. The average molecular weight is 494 g/mol. The summed E-state index contributed by atoms with van der Waals surface area (Å²) in [6.45, 7) is 0.649. The number of β-amino-alcohol motifs (C(OH)–C–C–N with tert-alkyl or cyclic N) is 1. The largest absolute Gasteiger partial charge is 0.480 e. The molecular weight excluding hydrogens is 477 g/mol. The van der Waals surface area contributed by atoms with Gasteiger partial charge in [-0.3, -0.25) is 4.79 Å². The summed E-state index contributed by atoms with van der Waals surface area (Å²) in [7, 11) is 0. The Morgan fingerprint density at radius 2 is 1.85 bits per heavy atom. The van der Waals surface area contributed by atoms with Crippen LogP contribution in [0.3, 0.4) is 0 Å². The summed E-state index contributed by atoms with van der Waals surface area (Å²) in [5.41, 5.74) is -1.72. The molecule has 1 heterocycles.